The summed E-state index contributed by atoms with van der Waals surface area (Å²) in [5, 5.41) is 1.80. The molecule has 0 amide bonds. The molecule has 96 valence electrons. The third-order valence-electron chi connectivity index (χ3n) is 3.06. The predicted octanol–water partition coefficient (Wildman–Crippen LogP) is 3.99. The SMILES string of the molecule is Nc1nc2ccc(C(F)(F)F)cc2c2ccccc12. The monoisotopic (exact) mass is 262 g/mol. The minimum Gasteiger partial charge on any atom is -0.383 e. The molecular formula is C14H9F3N2. The van der Waals surface area contributed by atoms with Crippen molar-refractivity contribution in [2.75, 3.05) is 5.73 Å². The molecular weight excluding hydrogens is 253 g/mol. The summed E-state index contributed by atoms with van der Waals surface area (Å²) in [6.45, 7) is 0. The number of anilines is 1. The van der Waals surface area contributed by atoms with Gasteiger partial charge in [0, 0.05) is 10.8 Å². The lowest BCUT2D eigenvalue weighted by atomic mass is 10.0. The fourth-order valence-electron chi connectivity index (χ4n) is 2.16. The first-order valence-electron chi connectivity index (χ1n) is 5.62. The Morgan fingerprint density at radius 2 is 1.58 bits per heavy atom. The summed E-state index contributed by atoms with van der Waals surface area (Å²) in [4.78, 5) is 4.14. The Morgan fingerprint density at radius 1 is 0.895 bits per heavy atom. The van der Waals surface area contributed by atoms with Gasteiger partial charge >= 0.3 is 6.18 Å². The molecule has 19 heavy (non-hydrogen) atoms. The Morgan fingerprint density at radius 3 is 2.26 bits per heavy atom. The molecule has 1 aromatic heterocycles. The predicted molar refractivity (Wildman–Crippen MR) is 68.7 cm³/mol. The number of alkyl halides is 3. The summed E-state index contributed by atoms with van der Waals surface area (Å²) in [5.74, 6) is 0.322. The van der Waals surface area contributed by atoms with E-state index < -0.39 is 11.7 Å². The standard InChI is InChI=1S/C14H9F3N2/c15-14(16,17)8-5-6-12-11(7-8)9-3-1-2-4-10(9)13(18)19-12/h1-7H,(H2,18,19). The average molecular weight is 262 g/mol. The first-order chi connectivity index (χ1) is 8.97. The zero-order chi connectivity index (χ0) is 13.6. The highest BCUT2D eigenvalue weighted by molar-refractivity contribution is 6.09. The maximum atomic E-state index is 12.8. The van der Waals surface area contributed by atoms with Gasteiger partial charge in [0.25, 0.3) is 0 Å². The molecule has 0 radical (unpaired) electrons. The first-order valence-corrected chi connectivity index (χ1v) is 5.62. The lowest BCUT2D eigenvalue weighted by Gasteiger charge is -2.10. The van der Waals surface area contributed by atoms with Crippen LogP contribution in [-0.2, 0) is 6.18 Å². The second-order valence-corrected chi connectivity index (χ2v) is 4.27. The molecule has 0 fully saturated rings. The van der Waals surface area contributed by atoms with Gasteiger partial charge in [-0.2, -0.15) is 13.2 Å². The van der Waals surface area contributed by atoms with Crippen LogP contribution in [0.15, 0.2) is 42.5 Å². The third kappa shape index (κ3) is 1.87. The molecule has 0 aliphatic carbocycles. The highest BCUT2D eigenvalue weighted by atomic mass is 19.4. The number of pyridine rings is 1. The third-order valence-corrected chi connectivity index (χ3v) is 3.06. The molecule has 0 saturated heterocycles. The van der Waals surface area contributed by atoms with Gasteiger partial charge in [-0.25, -0.2) is 4.98 Å². The molecule has 5 heteroatoms. The van der Waals surface area contributed by atoms with Crippen LogP contribution in [0.25, 0.3) is 21.7 Å². The van der Waals surface area contributed by atoms with Gasteiger partial charge in [0.2, 0.25) is 0 Å². The molecule has 2 aromatic carbocycles. The maximum absolute atomic E-state index is 12.8. The van der Waals surface area contributed by atoms with Crippen LogP contribution in [0.4, 0.5) is 19.0 Å². The summed E-state index contributed by atoms with van der Waals surface area (Å²) in [7, 11) is 0. The quantitative estimate of drug-likeness (QED) is 0.622. The molecule has 2 N–H and O–H groups in total. The number of nitrogens with two attached hydrogens (primary N) is 1. The van der Waals surface area contributed by atoms with Crippen molar-refractivity contribution in [1.29, 1.82) is 0 Å². The molecule has 0 atom stereocenters. The van der Waals surface area contributed by atoms with Crippen LogP contribution >= 0.6 is 0 Å². The molecule has 2 nitrogen and oxygen atoms in total. The van der Waals surface area contributed by atoms with Gasteiger partial charge in [-0.3, -0.25) is 0 Å². The molecule has 0 bridgehead atoms. The fourth-order valence-corrected chi connectivity index (χ4v) is 2.16. The highest BCUT2D eigenvalue weighted by Gasteiger charge is 2.30. The van der Waals surface area contributed by atoms with E-state index in [9.17, 15) is 13.2 Å². The van der Waals surface area contributed by atoms with Crippen LogP contribution < -0.4 is 5.73 Å². The average Bonchev–Trinajstić information content (AvgIpc) is 2.37. The molecule has 3 rings (SSSR count). The summed E-state index contributed by atoms with van der Waals surface area (Å²) >= 11 is 0. The molecule has 1 heterocycles. The van der Waals surface area contributed by atoms with E-state index in [1.54, 1.807) is 24.3 Å². The van der Waals surface area contributed by atoms with Gasteiger partial charge in [0.1, 0.15) is 5.82 Å². The fraction of sp³-hybridized carbons (Fsp3) is 0.0714. The van der Waals surface area contributed by atoms with Crippen molar-refractivity contribution >= 4 is 27.5 Å². The number of aromatic nitrogens is 1. The summed E-state index contributed by atoms with van der Waals surface area (Å²) in [6.07, 6.45) is -4.36. The Labute approximate surface area is 106 Å². The Kier molecular flexibility index (Phi) is 2.38. The van der Waals surface area contributed by atoms with Gasteiger partial charge in [0.15, 0.2) is 0 Å². The van der Waals surface area contributed by atoms with Crippen LogP contribution in [0.2, 0.25) is 0 Å². The van der Waals surface area contributed by atoms with Crippen molar-refractivity contribution < 1.29 is 13.2 Å². The van der Waals surface area contributed by atoms with Crippen LogP contribution in [-0.4, -0.2) is 4.98 Å². The maximum Gasteiger partial charge on any atom is 0.416 e. The second-order valence-electron chi connectivity index (χ2n) is 4.27. The second kappa shape index (κ2) is 3.85. The summed E-state index contributed by atoms with van der Waals surface area (Å²) in [5.41, 5.74) is 5.59. The largest absolute Gasteiger partial charge is 0.416 e. The van der Waals surface area contributed by atoms with Crippen molar-refractivity contribution in [3.05, 3.63) is 48.0 Å². The number of nitrogen functional groups attached to an aromatic ring is 1. The van der Waals surface area contributed by atoms with E-state index in [1.165, 1.54) is 6.07 Å². The Hall–Kier alpha value is -2.30. The number of hydrogen-bond acceptors (Lipinski definition) is 2. The van der Waals surface area contributed by atoms with Crippen LogP contribution in [0.3, 0.4) is 0 Å². The van der Waals surface area contributed by atoms with E-state index in [0.717, 1.165) is 12.1 Å². The lowest BCUT2D eigenvalue weighted by Crippen LogP contribution is -2.04. The summed E-state index contributed by atoms with van der Waals surface area (Å²) < 4.78 is 38.3. The van der Waals surface area contributed by atoms with Gasteiger partial charge in [-0.1, -0.05) is 24.3 Å². The number of nitrogens with zero attached hydrogens (tertiary/aromatic N) is 1. The van der Waals surface area contributed by atoms with E-state index in [0.29, 0.717) is 27.5 Å². The van der Waals surface area contributed by atoms with E-state index in [2.05, 4.69) is 4.98 Å². The van der Waals surface area contributed by atoms with Gasteiger partial charge in [-0.05, 0) is 23.6 Å². The van der Waals surface area contributed by atoms with Gasteiger partial charge < -0.3 is 5.73 Å². The van der Waals surface area contributed by atoms with Crippen molar-refractivity contribution in [3.63, 3.8) is 0 Å². The normalized spacial score (nSPS) is 12.2. The van der Waals surface area contributed by atoms with Crippen molar-refractivity contribution in [2.45, 2.75) is 6.18 Å². The minimum atomic E-state index is -4.36. The van der Waals surface area contributed by atoms with Gasteiger partial charge in [-0.15, -0.1) is 0 Å². The topological polar surface area (TPSA) is 38.9 Å². The van der Waals surface area contributed by atoms with Crippen LogP contribution in [0.5, 0.6) is 0 Å². The molecule has 0 spiro atoms. The molecule has 0 saturated carbocycles. The number of fused-ring (bicyclic) bond motifs is 3. The highest BCUT2D eigenvalue weighted by Crippen LogP contribution is 2.34. The Bertz CT molecular complexity index is 779. The molecule has 0 aliphatic heterocycles. The zero-order valence-corrected chi connectivity index (χ0v) is 9.70. The first kappa shape index (κ1) is 11.8. The molecule has 0 aliphatic rings. The van der Waals surface area contributed by atoms with Crippen molar-refractivity contribution in [2.24, 2.45) is 0 Å². The molecule has 0 unspecified atom stereocenters. The van der Waals surface area contributed by atoms with Gasteiger partial charge in [0.05, 0.1) is 11.1 Å². The van der Waals surface area contributed by atoms with Crippen LogP contribution in [0, 0.1) is 0 Å². The van der Waals surface area contributed by atoms with E-state index in [1.807, 2.05) is 0 Å². The zero-order valence-electron chi connectivity index (χ0n) is 9.70. The smallest absolute Gasteiger partial charge is 0.383 e. The van der Waals surface area contributed by atoms with Crippen molar-refractivity contribution in [3.8, 4) is 0 Å². The minimum absolute atomic E-state index is 0.322. The van der Waals surface area contributed by atoms with Crippen LogP contribution in [0.1, 0.15) is 5.56 Å². The van der Waals surface area contributed by atoms with E-state index in [-0.39, 0.29) is 0 Å². The number of hydrogen-bond donors (Lipinski definition) is 1. The number of halogens is 3. The number of rotatable bonds is 0. The van der Waals surface area contributed by atoms with E-state index >= 15 is 0 Å². The molecule has 3 aromatic rings. The summed E-state index contributed by atoms with van der Waals surface area (Å²) in [6, 6.07) is 10.5. The lowest BCUT2D eigenvalue weighted by molar-refractivity contribution is -0.137. The van der Waals surface area contributed by atoms with E-state index in [4.69, 9.17) is 5.73 Å². The number of benzene rings is 2. The van der Waals surface area contributed by atoms with Crippen molar-refractivity contribution in [1.82, 2.24) is 4.98 Å². The Balaban J connectivity index is 2.44.